The second kappa shape index (κ2) is 6.39. The quantitative estimate of drug-likeness (QED) is 0.871. The van der Waals surface area contributed by atoms with Gasteiger partial charge in [-0.15, -0.1) is 0 Å². The van der Waals surface area contributed by atoms with Crippen molar-refractivity contribution >= 4 is 11.6 Å². The molecule has 0 bridgehead atoms. The van der Waals surface area contributed by atoms with Crippen molar-refractivity contribution in [1.82, 2.24) is 5.01 Å². The van der Waals surface area contributed by atoms with E-state index in [-0.39, 0.29) is 12.5 Å². The van der Waals surface area contributed by atoms with Crippen LogP contribution < -0.4 is 4.74 Å². The molecule has 1 heterocycles. The number of hydrazone groups is 1. The van der Waals surface area contributed by atoms with Crippen LogP contribution in [0.2, 0.25) is 0 Å². The Hall–Kier alpha value is -2.69. The van der Waals surface area contributed by atoms with E-state index < -0.39 is 5.82 Å². The zero-order chi connectivity index (χ0) is 15.4. The topological polar surface area (TPSA) is 41.9 Å². The molecule has 4 nitrogen and oxygen atoms in total. The van der Waals surface area contributed by atoms with Gasteiger partial charge in [-0.3, -0.25) is 4.79 Å². The van der Waals surface area contributed by atoms with Crippen LogP contribution in [-0.4, -0.2) is 29.8 Å². The van der Waals surface area contributed by atoms with Gasteiger partial charge in [0.2, 0.25) is 0 Å². The van der Waals surface area contributed by atoms with E-state index in [0.717, 1.165) is 17.7 Å². The van der Waals surface area contributed by atoms with E-state index in [4.69, 9.17) is 4.74 Å². The Morgan fingerprint density at radius 1 is 1.18 bits per heavy atom. The Bertz CT molecular complexity index is 701. The molecule has 0 saturated carbocycles. The normalized spacial score (nSPS) is 13.9. The van der Waals surface area contributed by atoms with Gasteiger partial charge >= 0.3 is 0 Å². The highest BCUT2D eigenvalue weighted by Gasteiger charge is 2.21. The average Bonchev–Trinajstić information content (AvgIpc) is 3.04. The third-order valence-corrected chi connectivity index (χ3v) is 3.36. The predicted octanol–water partition coefficient (Wildman–Crippen LogP) is 2.84. The molecule has 0 aliphatic carbocycles. The molecule has 2 aromatic rings. The maximum absolute atomic E-state index is 13.0. The van der Waals surface area contributed by atoms with Gasteiger partial charge in [-0.2, -0.15) is 5.10 Å². The van der Waals surface area contributed by atoms with Crippen molar-refractivity contribution in [2.45, 2.75) is 6.42 Å². The first kappa shape index (κ1) is 14.3. The van der Waals surface area contributed by atoms with Crippen LogP contribution in [-0.2, 0) is 4.79 Å². The first-order valence-corrected chi connectivity index (χ1v) is 7.04. The smallest absolute Gasteiger partial charge is 0.280 e. The maximum atomic E-state index is 13.0. The molecular formula is C17H15FN2O2. The fraction of sp³-hybridized carbons (Fsp3) is 0.176. The first-order valence-electron chi connectivity index (χ1n) is 7.04. The summed E-state index contributed by atoms with van der Waals surface area (Å²) in [5.41, 5.74) is 1.91. The van der Waals surface area contributed by atoms with Gasteiger partial charge in [-0.25, -0.2) is 9.40 Å². The third-order valence-electron chi connectivity index (χ3n) is 3.36. The average molecular weight is 298 g/mol. The minimum atomic E-state index is -0.393. The van der Waals surface area contributed by atoms with E-state index in [1.165, 1.54) is 23.2 Å². The Balaban J connectivity index is 1.61. The van der Waals surface area contributed by atoms with Crippen molar-refractivity contribution in [1.29, 1.82) is 0 Å². The van der Waals surface area contributed by atoms with E-state index >= 15 is 0 Å². The standard InChI is InChI=1S/C17H15FN2O2/c18-14-7-4-8-15(11-14)22-12-17(21)20-10-9-16(19-20)13-5-2-1-3-6-13/h1-8,11H,9-10,12H2. The molecule has 1 amide bonds. The van der Waals surface area contributed by atoms with Crippen molar-refractivity contribution < 1.29 is 13.9 Å². The molecule has 0 fully saturated rings. The summed E-state index contributed by atoms with van der Waals surface area (Å²) < 4.78 is 18.3. The van der Waals surface area contributed by atoms with Gasteiger partial charge in [0.15, 0.2) is 6.61 Å². The summed E-state index contributed by atoms with van der Waals surface area (Å²) in [6.07, 6.45) is 0.718. The van der Waals surface area contributed by atoms with Crippen LogP contribution in [0.25, 0.3) is 0 Å². The molecule has 112 valence electrons. The summed E-state index contributed by atoms with van der Waals surface area (Å²) >= 11 is 0. The molecule has 0 radical (unpaired) electrons. The molecule has 5 heteroatoms. The number of hydrogen-bond donors (Lipinski definition) is 0. The maximum Gasteiger partial charge on any atom is 0.280 e. The van der Waals surface area contributed by atoms with E-state index in [1.54, 1.807) is 6.07 Å². The van der Waals surface area contributed by atoms with Gasteiger partial charge in [0.1, 0.15) is 11.6 Å². The third kappa shape index (κ3) is 3.31. The molecule has 1 aliphatic heterocycles. The van der Waals surface area contributed by atoms with Crippen molar-refractivity contribution in [2.75, 3.05) is 13.2 Å². The van der Waals surface area contributed by atoms with Gasteiger partial charge in [-0.1, -0.05) is 36.4 Å². The van der Waals surface area contributed by atoms with Crippen molar-refractivity contribution in [3.05, 3.63) is 66.0 Å². The highest BCUT2D eigenvalue weighted by atomic mass is 19.1. The Morgan fingerprint density at radius 3 is 2.77 bits per heavy atom. The molecule has 0 atom stereocenters. The molecule has 22 heavy (non-hydrogen) atoms. The minimum absolute atomic E-state index is 0.158. The number of carbonyl (C=O) groups excluding carboxylic acids is 1. The molecule has 2 aromatic carbocycles. The largest absolute Gasteiger partial charge is 0.484 e. The molecule has 1 aliphatic rings. The van der Waals surface area contributed by atoms with Crippen LogP contribution in [0.1, 0.15) is 12.0 Å². The van der Waals surface area contributed by atoms with Crippen LogP contribution in [0.4, 0.5) is 4.39 Å². The van der Waals surface area contributed by atoms with E-state index in [1.807, 2.05) is 30.3 Å². The number of carbonyl (C=O) groups is 1. The summed E-state index contributed by atoms with van der Waals surface area (Å²) in [6, 6.07) is 15.5. The van der Waals surface area contributed by atoms with Crippen molar-refractivity contribution in [3.63, 3.8) is 0 Å². The Kier molecular flexibility index (Phi) is 4.14. The van der Waals surface area contributed by atoms with E-state index in [9.17, 15) is 9.18 Å². The lowest BCUT2D eigenvalue weighted by Gasteiger charge is -2.12. The summed E-state index contributed by atoms with van der Waals surface area (Å²) in [5, 5.41) is 5.74. The number of nitrogens with zero attached hydrogens (tertiary/aromatic N) is 2. The van der Waals surface area contributed by atoms with Gasteiger partial charge in [0.25, 0.3) is 5.91 Å². The number of benzene rings is 2. The molecule has 0 N–H and O–H groups in total. The summed E-state index contributed by atoms with van der Waals surface area (Å²) in [7, 11) is 0. The van der Waals surface area contributed by atoms with Crippen LogP contribution in [0, 0.1) is 5.82 Å². The van der Waals surface area contributed by atoms with Crippen LogP contribution >= 0.6 is 0 Å². The number of halogens is 1. The number of amides is 1. The van der Waals surface area contributed by atoms with Crippen molar-refractivity contribution in [3.8, 4) is 5.75 Å². The van der Waals surface area contributed by atoms with Gasteiger partial charge in [0, 0.05) is 12.5 Å². The highest BCUT2D eigenvalue weighted by molar-refractivity contribution is 6.02. The lowest BCUT2D eigenvalue weighted by molar-refractivity contribution is -0.132. The highest BCUT2D eigenvalue weighted by Crippen LogP contribution is 2.15. The first-order chi connectivity index (χ1) is 10.7. The molecule has 0 aromatic heterocycles. The Morgan fingerprint density at radius 2 is 2.00 bits per heavy atom. The van der Waals surface area contributed by atoms with E-state index in [2.05, 4.69) is 5.10 Å². The SMILES string of the molecule is O=C(COc1cccc(F)c1)N1CCC(c2ccccc2)=N1. The number of rotatable bonds is 4. The minimum Gasteiger partial charge on any atom is -0.484 e. The zero-order valence-electron chi connectivity index (χ0n) is 11.9. The van der Waals surface area contributed by atoms with Crippen LogP contribution in [0.15, 0.2) is 59.7 Å². The van der Waals surface area contributed by atoms with E-state index in [0.29, 0.717) is 12.3 Å². The van der Waals surface area contributed by atoms with Gasteiger partial charge in [0.05, 0.1) is 12.3 Å². The van der Waals surface area contributed by atoms with Gasteiger partial charge in [-0.05, 0) is 17.7 Å². The number of hydrogen-bond acceptors (Lipinski definition) is 3. The lowest BCUT2D eigenvalue weighted by atomic mass is 10.1. The second-order valence-electron chi connectivity index (χ2n) is 4.93. The monoisotopic (exact) mass is 298 g/mol. The predicted molar refractivity (Wildman–Crippen MR) is 81.2 cm³/mol. The van der Waals surface area contributed by atoms with Crippen LogP contribution in [0.5, 0.6) is 5.75 Å². The molecule has 0 unspecified atom stereocenters. The van der Waals surface area contributed by atoms with Crippen LogP contribution in [0.3, 0.4) is 0 Å². The van der Waals surface area contributed by atoms with Crippen molar-refractivity contribution in [2.24, 2.45) is 5.10 Å². The number of ether oxygens (including phenoxy) is 1. The summed E-state index contributed by atoms with van der Waals surface area (Å²) in [5.74, 6) is -0.300. The summed E-state index contributed by atoms with van der Waals surface area (Å²) in [6.45, 7) is 0.380. The lowest BCUT2D eigenvalue weighted by Crippen LogP contribution is -2.28. The molecule has 0 saturated heterocycles. The molecular weight excluding hydrogens is 283 g/mol. The zero-order valence-corrected chi connectivity index (χ0v) is 11.9. The fourth-order valence-electron chi connectivity index (χ4n) is 2.25. The second-order valence-corrected chi connectivity index (χ2v) is 4.93. The summed E-state index contributed by atoms with van der Waals surface area (Å²) in [4.78, 5) is 12.1. The molecule has 3 rings (SSSR count). The molecule has 0 spiro atoms. The van der Waals surface area contributed by atoms with Gasteiger partial charge < -0.3 is 4.74 Å². The fourth-order valence-corrected chi connectivity index (χ4v) is 2.25. The Labute approximate surface area is 127 Å².